The highest BCUT2D eigenvalue weighted by Crippen LogP contribution is 2.26. The third-order valence-electron chi connectivity index (χ3n) is 3.23. The topological polar surface area (TPSA) is 66.4 Å². The highest BCUT2D eigenvalue weighted by molar-refractivity contribution is 9.10. The second-order valence-electron chi connectivity index (χ2n) is 5.72. The average Bonchev–Trinajstić information content (AvgIpc) is 2.35. The lowest BCUT2D eigenvalue weighted by molar-refractivity contribution is -0.137. The third-order valence-corrected chi connectivity index (χ3v) is 3.90. The van der Waals surface area contributed by atoms with E-state index in [1.165, 1.54) is 0 Å². The fourth-order valence-electron chi connectivity index (χ4n) is 1.87. The Morgan fingerprint density at radius 2 is 1.95 bits per heavy atom. The fourth-order valence-corrected chi connectivity index (χ4v) is 2.73. The molecule has 0 heterocycles. The Balaban J connectivity index is 2.47. The van der Waals surface area contributed by atoms with E-state index in [1.807, 2.05) is 13.8 Å². The van der Waals surface area contributed by atoms with Gasteiger partial charge in [-0.2, -0.15) is 0 Å². The van der Waals surface area contributed by atoms with Crippen molar-refractivity contribution < 1.29 is 14.7 Å². The van der Waals surface area contributed by atoms with Crippen molar-refractivity contribution >= 4 is 39.4 Å². The van der Waals surface area contributed by atoms with Crippen LogP contribution >= 0.6 is 27.5 Å². The monoisotopic (exact) mass is 375 g/mol. The van der Waals surface area contributed by atoms with E-state index < -0.39 is 5.97 Å². The van der Waals surface area contributed by atoms with Gasteiger partial charge in [-0.3, -0.25) is 9.59 Å². The predicted octanol–water partition coefficient (Wildman–Crippen LogP) is 4.11. The maximum atomic E-state index is 12.0. The summed E-state index contributed by atoms with van der Waals surface area (Å²) in [5, 5.41) is 12.0. The zero-order valence-corrected chi connectivity index (χ0v) is 14.4. The van der Waals surface area contributed by atoms with Gasteiger partial charge in [-0.15, -0.1) is 0 Å². The highest BCUT2D eigenvalue weighted by Gasteiger charge is 2.19. The number of aliphatic carboxylic acids is 1. The van der Waals surface area contributed by atoms with Crippen LogP contribution in [0, 0.1) is 5.41 Å². The van der Waals surface area contributed by atoms with Gasteiger partial charge in [0.1, 0.15) is 0 Å². The van der Waals surface area contributed by atoms with Gasteiger partial charge in [0.25, 0.3) is 5.91 Å². The molecular weight excluding hydrogens is 358 g/mol. The zero-order chi connectivity index (χ0) is 16.0. The maximum absolute atomic E-state index is 12.0. The molecule has 1 aromatic carbocycles. The van der Waals surface area contributed by atoms with E-state index in [0.29, 0.717) is 30.0 Å². The number of halogens is 2. The summed E-state index contributed by atoms with van der Waals surface area (Å²) in [6.07, 6.45) is 1.44. The predicted molar refractivity (Wildman–Crippen MR) is 86.8 cm³/mol. The lowest BCUT2D eigenvalue weighted by atomic mass is 9.84. The van der Waals surface area contributed by atoms with Crippen molar-refractivity contribution in [3.8, 4) is 0 Å². The van der Waals surface area contributed by atoms with Crippen LogP contribution in [0.15, 0.2) is 22.7 Å². The van der Waals surface area contributed by atoms with Crippen molar-refractivity contribution in [3.63, 3.8) is 0 Å². The summed E-state index contributed by atoms with van der Waals surface area (Å²) in [6.45, 7) is 4.49. The first-order chi connectivity index (χ1) is 9.69. The van der Waals surface area contributed by atoms with Crippen LogP contribution < -0.4 is 5.32 Å². The number of carbonyl (C=O) groups is 2. The fraction of sp³-hybridized carbons (Fsp3) is 0.467. The standard InChI is InChI=1S/C15H19BrClNO3/c1-15(2,4-3-13(19)20)5-6-18-14(21)10-7-11(16)9-12(17)8-10/h7-9H,3-6H2,1-2H3,(H,18,21)(H,19,20). The first-order valence-corrected chi connectivity index (χ1v) is 7.83. The number of hydrogen-bond donors (Lipinski definition) is 2. The molecule has 0 bridgehead atoms. The van der Waals surface area contributed by atoms with Gasteiger partial charge >= 0.3 is 5.97 Å². The first kappa shape index (κ1) is 18.0. The Labute approximate surface area is 138 Å². The Kier molecular flexibility index (Phi) is 6.68. The molecule has 0 saturated heterocycles. The van der Waals surface area contributed by atoms with Crippen molar-refractivity contribution in [1.29, 1.82) is 0 Å². The molecule has 0 saturated carbocycles. The van der Waals surface area contributed by atoms with Gasteiger partial charge in [0, 0.05) is 28.0 Å². The number of carboxylic acid groups (broad SMARTS) is 1. The number of carboxylic acids is 1. The van der Waals surface area contributed by atoms with Gasteiger partial charge in [0.2, 0.25) is 0 Å². The van der Waals surface area contributed by atoms with Gasteiger partial charge < -0.3 is 10.4 Å². The molecule has 6 heteroatoms. The van der Waals surface area contributed by atoms with Crippen molar-refractivity contribution in [2.24, 2.45) is 5.41 Å². The summed E-state index contributed by atoms with van der Waals surface area (Å²) in [6, 6.07) is 5.03. The van der Waals surface area contributed by atoms with E-state index >= 15 is 0 Å². The lowest BCUT2D eigenvalue weighted by Crippen LogP contribution is -2.28. The third kappa shape index (κ3) is 6.96. The lowest BCUT2D eigenvalue weighted by Gasteiger charge is -2.23. The van der Waals surface area contributed by atoms with E-state index in [4.69, 9.17) is 16.7 Å². The minimum Gasteiger partial charge on any atom is -0.481 e. The zero-order valence-electron chi connectivity index (χ0n) is 12.1. The van der Waals surface area contributed by atoms with Crippen LogP contribution in [0.25, 0.3) is 0 Å². The molecule has 0 aromatic heterocycles. The van der Waals surface area contributed by atoms with Crippen molar-refractivity contribution in [2.75, 3.05) is 6.54 Å². The molecule has 0 radical (unpaired) electrons. The number of nitrogens with one attached hydrogen (secondary N) is 1. The summed E-state index contributed by atoms with van der Waals surface area (Å²) in [5.41, 5.74) is 0.373. The minimum atomic E-state index is -0.795. The highest BCUT2D eigenvalue weighted by atomic mass is 79.9. The molecule has 116 valence electrons. The van der Waals surface area contributed by atoms with Crippen LogP contribution in [0.3, 0.4) is 0 Å². The summed E-state index contributed by atoms with van der Waals surface area (Å²) in [5.74, 6) is -0.983. The van der Waals surface area contributed by atoms with E-state index in [9.17, 15) is 9.59 Å². The molecule has 0 atom stereocenters. The Morgan fingerprint density at radius 1 is 1.29 bits per heavy atom. The molecule has 1 aromatic rings. The summed E-state index contributed by atoms with van der Waals surface area (Å²) in [4.78, 5) is 22.6. The maximum Gasteiger partial charge on any atom is 0.303 e. The second-order valence-corrected chi connectivity index (χ2v) is 7.07. The van der Waals surface area contributed by atoms with Gasteiger partial charge in [-0.1, -0.05) is 41.4 Å². The normalized spacial score (nSPS) is 11.2. The summed E-state index contributed by atoms with van der Waals surface area (Å²) < 4.78 is 0.752. The van der Waals surface area contributed by atoms with Gasteiger partial charge in [0.05, 0.1) is 0 Å². The first-order valence-electron chi connectivity index (χ1n) is 6.66. The number of rotatable bonds is 7. The molecule has 4 nitrogen and oxygen atoms in total. The van der Waals surface area contributed by atoms with Crippen LogP contribution in [-0.4, -0.2) is 23.5 Å². The molecule has 0 fully saturated rings. The number of hydrogen-bond acceptors (Lipinski definition) is 2. The molecule has 0 unspecified atom stereocenters. The van der Waals surface area contributed by atoms with Crippen LogP contribution in [0.1, 0.15) is 43.5 Å². The largest absolute Gasteiger partial charge is 0.481 e. The number of carbonyl (C=O) groups excluding carboxylic acids is 1. The van der Waals surface area contributed by atoms with Crippen LogP contribution in [0.4, 0.5) is 0 Å². The second kappa shape index (κ2) is 7.80. The molecule has 1 amide bonds. The molecule has 2 N–H and O–H groups in total. The summed E-state index contributed by atoms with van der Waals surface area (Å²) in [7, 11) is 0. The van der Waals surface area contributed by atoms with E-state index in [1.54, 1.807) is 18.2 Å². The number of amides is 1. The SMILES string of the molecule is CC(C)(CCNC(=O)c1cc(Cl)cc(Br)c1)CCC(=O)O. The minimum absolute atomic E-state index is 0.124. The van der Waals surface area contributed by atoms with Crippen molar-refractivity contribution in [1.82, 2.24) is 5.32 Å². The summed E-state index contributed by atoms with van der Waals surface area (Å²) >= 11 is 9.20. The van der Waals surface area contributed by atoms with Crippen molar-refractivity contribution in [2.45, 2.75) is 33.1 Å². The molecule has 0 aliphatic rings. The van der Waals surface area contributed by atoms with E-state index in [0.717, 1.165) is 4.47 Å². The quantitative estimate of drug-likeness (QED) is 0.752. The molecule has 21 heavy (non-hydrogen) atoms. The van der Waals surface area contributed by atoms with Crippen molar-refractivity contribution in [3.05, 3.63) is 33.3 Å². The molecular formula is C15H19BrClNO3. The Morgan fingerprint density at radius 3 is 2.52 bits per heavy atom. The van der Waals surface area contributed by atoms with Gasteiger partial charge in [-0.25, -0.2) is 0 Å². The molecule has 1 rings (SSSR count). The number of benzene rings is 1. The van der Waals surface area contributed by atoms with E-state index in [-0.39, 0.29) is 17.7 Å². The molecule has 0 aliphatic carbocycles. The molecule has 0 spiro atoms. The van der Waals surface area contributed by atoms with Crippen LogP contribution in [0.5, 0.6) is 0 Å². The van der Waals surface area contributed by atoms with Crippen LogP contribution in [0.2, 0.25) is 5.02 Å². The average molecular weight is 377 g/mol. The van der Waals surface area contributed by atoms with Gasteiger partial charge in [0.15, 0.2) is 0 Å². The van der Waals surface area contributed by atoms with E-state index in [2.05, 4.69) is 21.2 Å². The van der Waals surface area contributed by atoms with Gasteiger partial charge in [-0.05, 0) is 36.5 Å². The molecule has 0 aliphatic heterocycles. The van der Waals surface area contributed by atoms with Crippen LogP contribution in [-0.2, 0) is 4.79 Å². The Hall–Kier alpha value is -1.07. The smallest absolute Gasteiger partial charge is 0.303 e. The Bertz CT molecular complexity index is 511.